The highest BCUT2D eigenvalue weighted by molar-refractivity contribution is 7.89. The molecule has 1 aromatic rings. The molecule has 7 heteroatoms. The normalized spacial score (nSPS) is 18.1. The van der Waals surface area contributed by atoms with Crippen LogP contribution in [-0.4, -0.2) is 25.7 Å². The van der Waals surface area contributed by atoms with E-state index in [0.717, 1.165) is 6.42 Å². The van der Waals surface area contributed by atoms with Crippen LogP contribution in [0.15, 0.2) is 17.0 Å². The second-order valence-electron chi connectivity index (χ2n) is 5.02. The first-order valence-corrected chi connectivity index (χ1v) is 7.86. The molecule has 0 bridgehead atoms. The second kappa shape index (κ2) is 4.94. The fourth-order valence-corrected chi connectivity index (χ4v) is 3.87. The zero-order valence-corrected chi connectivity index (χ0v) is 12.2. The van der Waals surface area contributed by atoms with Gasteiger partial charge in [0.1, 0.15) is 0 Å². The van der Waals surface area contributed by atoms with Crippen LogP contribution in [0.4, 0.5) is 5.69 Å². The monoisotopic (exact) mass is 304 g/mol. The smallest absolute Gasteiger partial charge is 0.241 e. The summed E-state index contributed by atoms with van der Waals surface area (Å²) in [5, 5.41) is 9.63. The van der Waals surface area contributed by atoms with E-state index in [1.54, 1.807) is 6.92 Å². The molecule has 1 saturated carbocycles. The summed E-state index contributed by atoms with van der Waals surface area (Å²) < 4.78 is 27.1. The highest BCUT2D eigenvalue weighted by atomic mass is 35.5. The molecule has 1 fully saturated rings. The molecule has 1 aliphatic carbocycles. The quantitative estimate of drug-likeness (QED) is 0.734. The van der Waals surface area contributed by atoms with Crippen molar-refractivity contribution in [1.29, 1.82) is 0 Å². The van der Waals surface area contributed by atoms with Crippen LogP contribution in [0.5, 0.6) is 0 Å². The minimum absolute atomic E-state index is 0.0281. The van der Waals surface area contributed by atoms with Crippen LogP contribution < -0.4 is 10.5 Å². The maximum atomic E-state index is 12.3. The van der Waals surface area contributed by atoms with E-state index in [-0.39, 0.29) is 11.5 Å². The Bertz CT molecular complexity index is 568. The number of sulfonamides is 1. The summed E-state index contributed by atoms with van der Waals surface area (Å²) in [4.78, 5) is 0.0281. The molecule has 0 aromatic heterocycles. The summed E-state index contributed by atoms with van der Waals surface area (Å²) in [5.74, 6) is 0. The zero-order valence-electron chi connectivity index (χ0n) is 10.6. The summed E-state index contributed by atoms with van der Waals surface area (Å²) in [6.45, 7) is 1.52. The highest BCUT2D eigenvalue weighted by Crippen LogP contribution is 2.34. The molecule has 2 rings (SSSR count). The Morgan fingerprint density at radius 3 is 2.53 bits per heavy atom. The van der Waals surface area contributed by atoms with Gasteiger partial charge in [0, 0.05) is 10.7 Å². The SMILES string of the molecule is Cc1c(N)cc(S(=O)(=O)NC2(CO)CCC2)cc1Cl. The number of aliphatic hydroxyl groups excluding tert-OH is 1. The van der Waals surface area contributed by atoms with Crippen LogP contribution in [0.3, 0.4) is 0 Å². The number of halogens is 1. The summed E-state index contributed by atoms with van der Waals surface area (Å²) in [6, 6.07) is 2.76. The van der Waals surface area contributed by atoms with Gasteiger partial charge in [0.25, 0.3) is 0 Å². The third kappa shape index (κ3) is 2.72. The van der Waals surface area contributed by atoms with Crippen molar-refractivity contribution in [2.24, 2.45) is 0 Å². The summed E-state index contributed by atoms with van der Waals surface area (Å²) in [5.41, 5.74) is 5.99. The van der Waals surface area contributed by atoms with E-state index in [1.165, 1.54) is 12.1 Å². The van der Waals surface area contributed by atoms with Crippen molar-refractivity contribution >= 4 is 27.3 Å². The Kier molecular flexibility index (Phi) is 3.79. The van der Waals surface area contributed by atoms with Gasteiger partial charge in [-0.15, -0.1) is 0 Å². The molecular formula is C12H17ClN2O3S. The Hall–Kier alpha value is -0.820. The zero-order chi connectivity index (χ0) is 14.3. The molecule has 19 heavy (non-hydrogen) atoms. The molecule has 5 nitrogen and oxygen atoms in total. The number of nitrogen functional groups attached to an aromatic ring is 1. The number of benzene rings is 1. The van der Waals surface area contributed by atoms with Crippen molar-refractivity contribution in [1.82, 2.24) is 4.72 Å². The lowest BCUT2D eigenvalue weighted by atomic mass is 9.78. The number of nitrogens with two attached hydrogens (primary N) is 1. The van der Waals surface area contributed by atoms with E-state index in [0.29, 0.717) is 29.1 Å². The van der Waals surface area contributed by atoms with Gasteiger partial charge in [-0.25, -0.2) is 13.1 Å². The van der Waals surface area contributed by atoms with E-state index in [4.69, 9.17) is 17.3 Å². The fraction of sp³-hybridized carbons (Fsp3) is 0.500. The van der Waals surface area contributed by atoms with Crippen LogP contribution >= 0.6 is 11.6 Å². The number of hydrogen-bond acceptors (Lipinski definition) is 4. The van der Waals surface area contributed by atoms with E-state index in [1.807, 2.05) is 0 Å². The molecule has 0 radical (unpaired) electrons. The van der Waals surface area contributed by atoms with Gasteiger partial charge in [-0.05, 0) is 43.9 Å². The summed E-state index contributed by atoms with van der Waals surface area (Å²) in [6.07, 6.45) is 2.18. The van der Waals surface area contributed by atoms with Crippen LogP contribution in [-0.2, 0) is 10.0 Å². The molecule has 0 amide bonds. The van der Waals surface area contributed by atoms with Crippen LogP contribution in [0.1, 0.15) is 24.8 Å². The van der Waals surface area contributed by atoms with Crippen LogP contribution in [0.2, 0.25) is 5.02 Å². The fourth-order valence-electron chi connectivity index (χ4n) is 2.07. The molecule has 106 valence electrons. The van der Waals surface area contributed by atoms with Gasteiger partial charge in [0.15, 0.2) is 0 Å². The first kappa shape index (κ1) is 14.6. The Labute approximate surface area is 117 Å². The summed E-state index contributed by atoms with van der Waals surface area (Å²) >= 11 is 5.96. The first-order valence-electron chi connectivity index (χ1n) is 6.00. The Morgan fingerprint density at radius 1 is 1.47 bits per heavy atom. The standard InChI is InChI=1S/C12H17ClN2O3S/c1-8-10(13)5-9(6-11(8)14)19(17,18)15-12(7-16)3-2-4-12/h5-6,15-16H,2-4,7,14H2,1H3. The molecule has 0 heterocycles. The van der Waals surface area contributed by atoms with E-state index >= 15 is 0 Å². The van der Waals surface area contributed by atoms with Crippen LogP contribution in [0.25, 0.3) is 0 Å². The van der Waals surface area contributed by atoms with Gasteiger partial charge in [-0.3, -0.25) is 0 Å². The second-order valence-corrected chi connectivity index (χ2v) is 7.11. The van der Waals surface area contributed by atoms with Crippen molar-refractivity contribution in [2.45, 2.75) is 36.6 Å². The van der Waals surface area contributed by atoms with Gasteiger partial charge in [0.05, 0.1) is 17.0 Å². The van der Waals surface area contributed by atoms with Crippen molar-refractivity contribution in [3.63, 3.8) is 0 Å². The van der Waals surface area contributed by atoms with Crippen molar-refractivity contribution < 1.29 is 13.5 Å². The van der Waals surface area contributed by atoms with Gasteiger partial charge in [-0.2, -0.15) is 0 Å². The lowest BCUT2D eigenvalue weighted by Gasteiger charge is -2.40. The molecule has 4 N–H and O–H groups in total. The van der Waals surface area contributed by atoms with E-state index in [2.05, 4.69) is 4.72 Å². The number of aliphatic hydroxyl groups is 1. The summed E-state index contributed by atoms with van der Waals surface area (Å²) in [7, 11) is -3.73. The molecule has 1 aromatic carbocycles. The van der Waals surface area contributed by atoms with E-state index < -0.39 is 15.6 Å². The molecule has 0 aliphatic heterocycles. The molecule has 0 spiro atoms. The predicted molar refractivity (Wildman–Crippen MR) is 74.6 cm³/mol. The molecule has 0 unspecified atom stereocenters. The minimum Gasteiger partial charge on any atom is -0.398 e. The number of anilines is 1. The van der Waals surface area contributed by atoms with Gasteiger partial charge in [-0.1, -0.05) is 11.6 Å². The van der Waals surface area contributed by atoms with Crippen molar-refractivity contribution in [2.75, 3.05) is 12.3 Å². The minimum atomic E-state index is -3.73. The Morgan fingerprint density at radius 2 is 2.11 bits per heavy atom. The molecule has 0 saturated heterocycles. The lowest BCUT2D eigenvalue weighted by molar-refractivity contribution is 0.110. The third-order valence-corrected chi connectivity index (χ3v) is 5.58. The van der Waals surface area contributed by atoms with E-state index in [9.17, 15) is 13.5 Å². The number of nitrogens with one attached hydrogen (secondary N) is 1. The lowest BCUT2D eigenvalue weighted by Crippen LogP contribution is -2.55. The largest absolute Gasteiger partial charge is 0.398 e. The van der Waals surface area contributed by atoms with Gasteiger partial charge >= 0.3 is 0 Å². The topological polar surface area (TPSA) is 92.4 Å². The third-order valence-electron chi connectivity index (χ3n) is 3.63. The highest BCUT2D eigenvalue weighted by Gasteiger charge is 2.40. The Balaban J connectivity index is 2.35. The molecule has 1 aliphatic rings. The van der Waals surface area contributed by atoms with Crippen LogP contribution in [0, 0.1) is 6.92 Å². The maximum Gasteiger partial charge on any atom is 0.241 e. The van der Waals surface area contributed by atoms with Gasteiger partial charge in [0.2, 0.25) is 10.0 Å². The van der Waals surface area contributed by atoms with Crippen molar-refractivity contribution in [3.8, 4) is 0 Å². The maximum absolute atomic E-state index is 12.3. The van der Waals surface area contributed by atoms with Gasteiger partial charge < -0.3 is 10.8 Å². The first-order chi connectivity index (χ1) is 8.80. The van der Waals surface area contributed by atoms with Crippen molar-refractivity contribution in [3.05, 3.63) is 22.7 Å². The molecular weight excluding hydrogens is 288 g/mol. The number of rotatable bonds is 4. The average molecular weight is 305 g/mol. The predicted octanol–water partition coefficient (Wildman–Crippen LogP) is 1.42. The number of hydrogen-bond donors (Lipinski definition) is 3. The molecule has 0 atom stereocenters. The average Bonchev–Trinajstić information content (AvgIpc) is 2.30.